The Morgan fingerprint density at radius 3 is 2.67 bits per heavy atom. The Labute approximate surface area is 102 Å². The molecule has 96 valence electrons. The van der Waals surface area contributed by atoms with Gasteiger partial charge in [-0.15, -0.1) is 0 Å². The van der Waals surface area contributed by atoms with Crippen molar-refractivity contribution in [3.63, 3.8) is 0 Å². The number of rotatable bonds is 1. The maximum Gasteiger partial charge on any atom is 0.165 e. The number of nitrogens with two attached hydrogens (primary N) is 2. The fourth-order valence-corrected chi connectivity index (χ4v) is 2.43. The van der Waals surface area contributed by atoms with Gasteiger partial charge in [-0.1, -0.05) is 0 Å². The topological polar surface area (TPSA) is 136 Å². The smallest absolute Gasteiger partial charge is 0.165 e. The van der Waals surface area contributed by atoms with Crippen LogP contribution in [0.15, 0.2) is 12.7 Å². The molecule has 1 saturated carbocycles. The lowest BCUT2D eigenvalue weighted by Gasteiger charge is -2.17. The number of anilines is 1. The van der Waals surface area contributed by atoms with E-state index in [0.717, 1.165) is 0 Å². The van der Waals surface area contributed by atoms with Gasteiger partial charge in [0.25, 0.3) is 0 Å². The van der Waals surface area contributed by atoms with Crippen LogP contribution >= 0.6 is 0 Å². The van der Waals surface area contributed by atoms with Crippen LogP contribution in [-0.4, -0.2) is 48.0 Å². The number of nitrogen functional groups attached to an aromatic ring is 1. The molecule has 8 heteroatoms. The normalized spacial score (nSPS) is 32.2. The first-order valence-corrected chi connectivity index (χ1v) is 5.64. The number of hydrogen-bond acceptors (Lipinski definition) is 7. The van der Waals surface area contributed by atoms with Gasteiger partial charge in [0, 0.05) is 6.04 Å². The summed E-state index contributed by atoms with van der Waals surface area (Å²) < 4.78 is 1.69. The molecule has 2 heterocycles. The monoisotopic (exact) mass is 250 g/mol. The first-order chi connectivity index (χ1) is 8.59. The van der Waals surface area contributed by atoms with Gasteiger partial charge in [0.2, 0.25) is 0 Å². The SMILES string of the molecule is Nc1ncnc2c1ncn2[C@@H]1C[C@@H](N)[C@@H](O)[C@H]1O. The van der Waals surface area contributed by atoms with Crippen LogP contribution in [0.25, 0.3) is 11.2 Å². The van der Waals surface area contributed by atoms with Crippen molar-refractivity contribution >= 4 is 17.0 Å². The average molecular weight is 250 g/mol. The summed E-state index contributed by atoms with van der Waals surface area (Å²) in [6, 6.07) is -0.809. The minimum absolute atomic E-state index is 0.288. The highest BCUT2D eigenvalue weighted by atomic mass is 16.3. The highest BCUT2D eigenvalue weighted by Gasteiger charge is 2.41. The molecule has 2 aromatic rings. The molecule has 0 saturated heterocycles. The third kappa shape index (κ3) is 1.47. The first kappa shape index (κ1) is 11.3. The molecular weight excluding hydrogens is 236 g/mol. The van der Waals surface area contributed by atoms with Gasteiger partial charge in [0.05, 0.1) is 18.5 Å². The van der Waals surface area contributed by atoms with E-state index in [0.29, 0.717) is 17.6 Å². The van der Waals surface area contributed by atoms with Crippen molar-refractivity contribution in [3.05, 3.63) is 12.7 Å². The number of aliphatic hydroxyl groups excluding tert-OH is 2. The standard InChI is InChI=1S/C10H14N6O2/c11-4-1-5(8(18)7(4)17)16-3-15-6-9(12)13-2-14-10(6)16/h2-5,7-8,17-18H,1,11H2,(H2,12,13,14)/t4-,5-,7-,8+/m1/s1. The summed E-state index contributed by atoms with van der Waals surface area (Å²) >= 11 is 0. The Balaban J connectivity index is 2.08. The molecule has 0 amide bonds. The molecule has 2 aromatic heterocycles. The van der Waals surface area contributed by atoms with Gasteiger partial charge in [-0.05, 0) is 6.42 Å². The molecule has 1 fully saturated rings. The molecule has 3 rings (SSSR count). The van der Waals surface area contributed by atoms with Crippen LogP contribution in [-0.2, 0) is 0 Å². The fourth-order valence-electron chi connectivity index (χ4n) is 2.43. The van der Waals surface area contributed by atoms with E-state index >= 15 is 0 Å². The minimum atomic E-state index is -0.938. The third-order valence-corrected chi connectivity index (χ3v) is 3.44. The Morgan fingerprint density at radius 2 is 2.00 bits per heavy atom. The lowest BCUT2D eigenvalue weighted by Crippen LogP contribution is -2.35. The van der Waals surface area contributed by atoms with E-state index in [9.17, 15) is 10.2 Å². The van der Waals surface area contributed by atoms with Crippen molar-refractivity contribution in [2.24, 2.45) is 5.73 Å². The lowest BCUT2D eigenvalue weighted by molar-refractivity contribution is 0.0187. The summed E-state index contributed by atoms with van der Waals surface area (Å²) in [6.45, 7) is 0. The van der Waals surface area contributed by atoms with E-state index in [1.807, 2.05) is 0 Å². The molecule has 18 heavy (non-hydrogen) atoms. The molecule has 1 aliphatic carbocycles. The molecule has 1 aliphatic rings. The third-order valence-electron chi connectivity index (χ3n) is 3.44. The summed E-state index contributed by atoms with van der Waals surface area (Å²) in [5.74, 6) is 0.288. The quantitative estimate of drug-likeness (QED) is 0.478. The van der Waals surface area contributed by atoms with Crippen molar-refractivity contribution in [2.75, 3.05) is 5.73 Å². The van der Waals surface area contributed by atoms with Crippen molar-refractivity contribution < 1.29 is 10.2 Å². The molecule has 4 atom stereocenters. The molecule has 0 bridgehead atoms. The van der Waals surface area contributed by atoms with Crippen molar-refractivity contribution in [1.29, 1.82) is 0 Å². The van der Waals surface area contributed by atoms with Crippen molar-refractivity contribution in [3.8, 4) is 0 Å². The lowest BCUT2D eigenvalue weighted by atomic mass is 10.2. The average Bonchev–Trinajstić information content (AvgIpc) is 2.88. The van der Waals surface area contributed by atoms with Crippen LogP contribution < -0.4 is 11.5 Å². The molecule has 0 spiro atoms. The van der Waals surface area contributed by atoms with Crippen LogP contribution in [0.3, 0.4) is 0 Å². The number of fused-ring (bicyclic) bond motifs is 1. The summed E-state index contributed by atoms with van der Waals surface area (Å²) in [5, 5.41) is 19.7. The highest BCUT2D eigenvalue weighted by Crippen LogP contribution is 2.32. The zero-order valence-electron chi connectivity index (χ0n) is 9.51. The summed E-state index contributed by atoms with van der Waals surface area (Å²) in [4.78, 5) is 12.1. The van der Waals surface area contributed by atoms with Gasteiger partial charge in [-0.25, -0.2) is 15.0 Å². The second-order valence-electron chi connectivity index (χ2n) is 4.53. The summed E-state index contributed by atoms with van der Waals surface area (Å²) in [5.41, 5.74) is 12.5. The van der Waals surface area contributed by atoms with Gasteiger partial charge < -0.3 is 26.2 Å². The predicted molar refractivity (Wildman–Crippen MR) is 63.4 cm³/mol. The van der Waals surface area contributed by atoms with E-state index < -0.39 is 18.2 Å². The molecule has 0 unspecified atom stereocenters. The fraction of sp³-hybridized carbons (Fsp3) is 0.500. The number of imidazole rings is 1. The second kappa shape index (κ2) is 3.87. The van der Waals surface area contributed by atoms with E-state index in [4.69, 9.17) is 11.5 Å². The van der Waals surface area contributed by atoms with Crippen molar-refractivity contribution in [2.45, 2.75) is 30.7 Å². The summed E-state index contributed by atoms with van der Waals surface area (Å²) in [7, 11) is 0. The zero-order chi connectivity index (χ0) is 12.9. The van der Waals surface area contributed by atoms with Crippen LogP contribution in [0.5, 0.6) is 0 Å². The molecule has 0 aromatic carbocycles. The number of nitrogens with zero attached hydrogens (tertiary/aromatic N) is 4. The van der Waals surface area contributed by atoms with Gasteiger partial charge in [-0.3, -0.25) is 0 Å². The largest absolute Gasteiger partial charge is 0.389 e. The molecular formula is C10H14N6O2. The molecule has 0 radical (unpaired) electrons. The van der Waals surface area contributed by atoms with Gasteiger partial charge in [0.15, 0.2) is 11.5 Å². The Bertz CT molecular complexity index is 585. The second-order valence-corrected chi connectivity index (χ2v) is 4.53. The molecule has 8 nitrogen and oxygen atoms in total. The maximum absolute atomic E-state index is 9.98. The number of aromatic nitrogens is 4. The van der Waals surface area contributed by atoms with E-state index in [1.165, 1.54) is 12.7 Å². The van der Waals surface area contributed by atoms with E-state index in [-0.39, 0.29) is 11.9 Å². The van der Waals surface area contributed by atoms with Gasteiger partial charge >= 0.3 is 0 Å². The number of hydrogen-bond donors (Lipinski definition) is 4. The van der Waals surface area contributed by atoms with E-state index in [2.05, 4.69) is 15.0 Å². The minimum Gasteiger partial charge on any atom is -0.389 e. The van der Waals surface area contributed by atoms with Crippen LogP contribution in [0, 0.1) is 0 Å². The van der Waals surface area contributed by atoms with Crippen LogP contribution in [0.4, 0.5) is 5.82 Å². The highest BCUT2D eigenvalue weighted by molar-refractivity contribution is 5.81. The first-order valence-electron chi connectivity index (χ1n) is 5.64. The Kier molecular flexibility index (Phi) is 2.44. The van der Waals surface area contributed by atoms with Crippen LogP contribution in [0.1, 0.15) is 12.5 Å². The molecule has 0 aliphatic heterocycles. The Hall–Kier alpha value is -1.77. The van der Waals surface area contributed by atoms with Gasteiger partial charge in [-0.2, -0.15) is 0 Å². The van der Waals surface area contributed by atoms with Crippen LogP contribution in [0.2, 0.25) is 0 Å². The summed E-state index contributed by atoms with van der Waals surface area (Å²) in [6.07, 6.45) is 1.46. The molecule has 6 N–H and O–H groups in total. The van der Waals surface area contributed by atoms with Gasteiger partial charge in [0.1, 0.15) is 17.9 Å². The predicted octanol–water partition coefficient (Wildman–Crippen LogP) is -1.60. The van der Waals surface area contributed by atoms with E-state index in [1.54, 1.807) is 4.57 Å². The van der Waals surface area contributed by atoms with Crippen molar-refractivity contribution in [1.82, 2.24) is 19.5 Å². The zero-order valence-corrected chi connectivity index (χ0v) is 9.51. The maximum atomic E-state index is 9.98. The number of aliphatic hydroxyl groups is 2. The Morgan fingerprint density at radius 1 is 1.22 bits per heavy atom.